The van der Waals surface area contributed by atoms with E-state index in [2.05, 4.69) is 69.3 Å². The average molecular weight is 516 g/mol. The second-order valence-electron chi connectivity index (χ2n) is 9.08. The quantitative estimate of drug-likeness (QED) is 0.204. The number of rotatable bonds is 8. The molecule has 1 aliphatic rings. The summed E-state index contributed by atoms with van der Waals surface area (Å²) < 4.78 is 2.24. The lowest BCUT2D eigenvalue weighted by atomic mass is 9.96. The van der Waals surface area contributed by atoms with Gasteiger partial charge in [-0.2, -0.15) is 0 Å². The first-order chi connectivity index (χ1) is 17.5. The van der Waals surface area contributed by atoms with Crippen LogP contribution in [0.4, 0.5) is 5.69 Å². The molecule has 3 heterocycles. The molecule has 1 aliphatic heterocycles. The number of thiocarbonyl (C=S) groups is 1. The number of anilines is 1. The van der Waals surface area contributed by atoms with E-state index in [1.54, 1.807) is 0 Å². The molecule has 1 fully saturated rings. The number of nitrogens with one attached hydrogen (secondary N) is 2. The van der Waals surface area contributed by atoms with Gasteiger partial charge in [0.1, 0.15) is 0 Å². The molecule has 184 valence electrons. The van der Waals surface area contributed by atoms with Gasteiger partial charge in [-0.3, -0.25) is 4.98 Å². The molecule has 0 saturated carbocycles. The maximum Gasteiger partial charge on any atom is 0.170 e. The van der Waals surface area contributed by atoms with E-state index in [1.165, 1.54) is 5.56 Å². The number of hydrogen-bond donors (Lipinski definition) is 2. The molecule has 4 aromatic rings. The third kappa shape index (κ3) is 4.84. The second kappa shape index (κ2) is 10.7. The number of pyridine rings is 1. The molecule has 0 amide bonds. The van der Waals surface area contributed by atoms with E-state index >= 15 is 0 Å². The number of benzene rings is 2. The van der Waals surface area contributed by atoms with E-state index in [0.717, 1.165) is 58.1 Å². The molecule has 5 nitrogen and oxygen atoms in total. The predicted octanol–water partition coefficient (Wildman–Crippen LogP) is 6.62. The van der Waals surface area contributed by atoms with Gasteiger partial charge >= 0.3 is 0 Å². The molecule has 0 bridgehead atoms. The molecule has 2 unspecified atom stereocenters. The lowest BCUT2D eigenvalue weighted by molar-refractivity contribution is 0.315. The van der Waals surface area contributed by atoms with E-state index < -0.39 is 0 Å². The molecule has 2 aromatic heterocycles. The van der Waals surface area contributed by atoms with Crippen molar-refractivity contribution in [1.82, 2.24) is 19.8 Å². The van der Waals surface area contributed by atoms with E-state index in [1.807, 2.05) is 54.7 Å². The van der Waals surface area contributed by atoms with Gasteiger partial charge in [0.15, 0.2) is 5.11 Å². The molecule has 0 aliphatic carbocycles. The van der Waals surface area contributed by atoms with E-state index in [4.69, 9.17) is 23.8 Å². The Morgan fingerprint density at radius 2 is 1.75 bits per heavy atom. The number of nitrogens with zero attached hydrogens (tertiary/aromatic N) is 3. The highest BCUT2D eigenvalue weighted by Gasteiger charge is 2.41. The molecule has 5 rings (SSSR count). The summed E-state index contributed by atoms with van der Waals surface area (Å²) in [4.78, 5) is 7.00. The van der Waals surface area contributed by atoms with Crippen LogP contribution in [0.15, 0.2) is 85.1 Å². The summed E-state index contributed by atoms with van der Waals surface area (Å²) in [6.07, 6.45) is 2.79. The molecule has 1 saturated heterocycles. The van der Waals surface area contributed by atoms with Crippen molar-refractivity contribution in [3.63, 3.8) is 0 Å². The Morgan fingerprint density at radius 3 is 2.50 bits per heavy atom. The third-order valence-corrected chi connectivity index (χ3v) is 7.43. The molecule has 2 N–H and O–H groups in total. The molecular formula is C29H30ClN5S. The van der Waals surface area contributed by atoms with Crippen LogP contribution in [0, 0.1) is 13.8 Å². The molecule has 36 heavy (non-hydrogen) atoms. The minimum Gasteiger partial charge on any atom is -0.385 e. The van der Waals surface area contributed by atoms with Crippen molar-refractivity contribution in [1.29, 1.82) is 0 Å². The minimum atomic E-state index is -0.0408. The van der Waals surface area contributed by atoms with Gasteiger partial charge in [-0.15, -0.1) is 0 Å². The van der Waals surface area contributed by atoms with Crippen molar-refractivity contribution in [2.75, 3.05) is 18.4 Å². The van der Waals surface area contributed by atoms with E-state index in [9.17, 15) is 0 Å². The Kier molecular flexibility index (Phi) is 7.25. The van der Waals surface area contributed by atoms with Gasteiger partial charge in [-0.05, 0) is 80.5 Å². The number of aromatic nitrogens is 2. The molecule has 0 radical (unpaired) electrons. The van der Waals surface area contributed by atoms with Crippen molar-refractivity contribution < 1.29 is 0 Å². The third-order valence-electron chi connectivity index (χ3n) is 6.76. The highest BCUT2D eigenvalue weighted by molar-refractivity contribution is 7.80. The lowest BCUT2D eigenvalue weighted by Gasteiger charge is -2.28. The van der Waals surface area contributed by atoms with Crippen LogP contribution in [0.5, 0.6) is 0 Å². The summed E-state index contributed by atoms with van der Waals surface area (Å²) in [7, 11) is 0. The fourth-order valence-electron chi connectivity index (χ4n) is 5.11. The van der Waals surface area contributed by atoms with Crippen LogP contribution in [0.3, 0.4) is 0 Å². The van der Waals surface area contributed by atoms with Crippen LogP contribution in [-0.4, -0.2) is 32.7 Å². The standard InChI is InChI=1S/C29H30ClN5S/c1-20-19-23(21(2)35(20)26-15-7-6-13-24(26)30)28-27(25-14-8-9-16-32-25)33-29(36)34(28)18-10-17-31-22-11-4-3-5-12-22/h3-9,11-16,19,27-28,31H,10,17-18H2,1-2H3,(H,33,36). The second-order valence-corrected chi connectivity index (χ2v) is 9.87. The molecule has 2 atom stereocenters. The van der Waals surface area contributed by atoms with Crippen molar-refractivity contribution in [3.8, 4) is 5.69 Å². The summed E-state index contributed by atoms with van der Waals surface area (Å²) in [6, 6.07) is 26.6. The topological polar surface area (TPSA) is 45.1 Å². The smallest absolute Gasteiger partial charge is 0.170 e. The first-order valence-electron chi connectivity index (χ1n) is 12.3. The zero-order valence-corrected chi connectivity index (χ0v) is 22.1. The Labute approximate surface area is 223 Å². The number of aryl methyl sites for hydroxylation is 1. The Hall–Kier alpha value is -3.35. The van der Waals surface area contributed by atoms with Gasteiger partial charge in [-0.25, -0.2) is 0 Å². The summed E-state index contributed by atoms with van der Waals surface area (Å²) >= 11 is 12.5. The Morgan fingerprint density at radius 1 is 1.00 bits per heavy atom. The largest absolute Gasteiger partial charge is 0.385 e. The van der Waals surface area contributed by atoms with Crippen LogP contribution < -0.4 is 10.6 Å². The van der Waals surface area contributed by atoms with Gasteiger partial charge in [0.25, 0.3) is 0 Å². The van der Waals surface area contributed by atoms with E-state index in [-0.39, 0.29) is 12.1 Å². The Balaban J connectivity index is 1.46. The summed E-state index contributed by atoms with van der Waals surface area (Å²) in [5.74, 6) is 0. The van der Waals surface area contributed by atoms with E-state index in [0.29, 0.717) is 0 Å². The van der Waals surface area contributed by atoms with Crippen molar-refractivity contribution in [2.24, 2.45) is 0 Å². The molecule has 0 spiro atoms. The zero-order chi connectivity index (χ0) is 25.1. The zero-order valence-electron chi connectivity index (χ0n) is 20.5. The van der Waals surface area contributed by atoms with Crippen molar-refractivity contribution in [2.45, 2.75) is 32.4 Å². The monoisotopic (exact) mass is 515 g/mol. The normalized spacial score (nSPS) is 17.3. The van der Waals surface area contributed by atoms with Gasteiger partial charge < -0.3 is 20.1 Å². The summed E-state index contributed by atoms with van der Waals surface area (Å²) in [5, 5.41) is 8.58. The predicted molar refractivity (Wildman–Crippen MR) is 152 cm³/mol. The fourth-order valence-corrected chi connectivity index (χ4v) is 5.67. The number of halogens is 1. The highest BCUT2D eigenvalue weighted by atomic mass is 35.5. The summed E-state index contributed by atoms with van der Waals surface area (Å²) in [6.45, 7) is 5.99. The average Bonchev–Trinajstić information content (AvgIpc) is 3.38. The van der Waals surface area contributed by atoms with Crippen LogP contribution in [0.1, 0.15) is 41.1 Å². The number of hydrogen-bond acceptors (Lipinski definition) is 3. The maximum atomic E-state index is 6.60. The van der Waals surface area contributed by atoms with Crippen LogP contribution in [-0.2, 0) is 0 Å². The van der Waals surface area contributed by atoms with Gasteiger partial charge in [-0.1, -0.05) is 48.0 Å². The van der Waals surface area contributed by atoms with Crippen LogP contribution >= 0.6 is 23.8 Å². The van der Waals surface area contributed by atoms with Crippen LogP contribution in [0.25, 0.3) is 5.69 Å². The van der Waals surface area contributed by atoms with Crippen LogP contribution in [0.2, 0.25) is 5.02 Å². The minimum absolute atomic E-state index is 0.0200. The van der Waals surface area contributed by atoms with Crippen molar-refractivity contribution >= 4 is 34.6 Å². The Bertz CT molecular complexity index is 1340. The summed E-state index contributed by atoms with van der Waals surface area (Å²) in [5.41, 5.74) is 6.63. The molecule has 7 heteroatoms. The molecular weight excluding hydrogens is 486 g/mol. The first kappa shape index (κ1) is 24.3. The van der Waals surface area contributed by atoms with Crippen molar-refractivity contribution in [3.05, 3.63) is 113 Å². The van der Waals surface area contributed by atoms with Gasteiger partial charge in [0.2, 0.25) is 0 Å². The maximum absolute atomic E-state index is 6.60. The SMILES string of the molecule is Cc1cc(C2C(c3ccccn3)NC(=S)N2CCCNc2ccccc2)c(C)n1-c1ccccc1Cl. The first-order valence-corrected chi connectivity index (χ1v) is 13.0. The fraction of sp³-hybridized carbons (Fsp3) is 0.241. The lowest BCUT2D eigenvalue weighted by Crippen LogP contribution is -2.31. The highest BCUT2D eigenvalue weighted by Crippen LogP contribution is 2.41. The molecule has 2 aromatic carbocycles. The number of para-hydroxylation sites is 2. The van der Waals surface area contributed by atoms with Gasteiger partial charge in [0.05, 0.1) is 28.5 Å². The van der Waals surface area contributed by atoms with Gasteiger partial charge in [0, 0.05) is 36.4 Å².